The van der Waals surface area contributed by atoms with E-state index in [9.17, 15) is 14.4 Å². The van der Waals surface area contributed by atoms with Gasteiger partial charge >= 0.3 is 17.9 Å². The number of hydrogen-bond donors (Lipinski definition) is 8. The highest BCUT2D eigenvalue weighted by Crippen LogP contribution is 2.03. The molecule has 1 aliphatic heterocycles. The molecule has 1 rings (SSSR count). The first-order valence-electron chi connectivity index (χ1n) is 6.32. The van der Waals surface area contributed by atoms with Crippen LogP contribution >= 0.6 is 25.3 Å². The summed E-state index contributed by atoms with van der Waals surface area (Å²) in [7, 11) is 0. The highest BCUT2D eigenvalue weighted by molar-refractivity contribution is 7.80. The van der Waals surface area contributed by atoms with Crippen molar-refractivity contribution in [2.24, 2.45) is 11.5 Å². The Morgan fingerprint density at radius 3 is 1.55 bits per heavy atom. The highest BCUT2D eigenvalue weighted by atomic mass is 32.1. The molecule has 130 valence electrons. The van der Waals surface area contributed by atoms with E-state index in [4.69, 9.17) is 26.8 Å². The number of thiol groups is 2. The summed E-state index contributed by atoms with van der Waals surface area (Å²) in [5.41, 5.74) is 9.88. The normalized spacial score (nSPS) is 18.8. The van der Waals surface area contributed by atoms with Crippen LogP contribution in [0.4, 0.5) is 0 Å². The molecule has 0 saturated carbocycles. The van der Waals surface area contributed by atoms with Gasteiger partial charge in [0.15, 0.2) is 0 Å². The van der Waals surface area contributed by atoms with E-state index in [1.807, 2.05) is 0 Å². The van der Waals surface area contributed by atoms with Crippen molar-refractivity contribution in [3.05, 3.63) is 0 Å². The Hall–Kier alpha value is -1.01. The lowest BCUT2D eigenvalue weighted by molar-refractivity contribution is -0.139. The number of aliphatic carboxylic acids is 3. The van der Waals surface area contributed by atoms with Gasteiger partial charge in [0, 0.05) is 11.5 Å². The quantitative estimate of drug-likeness (QED) is 0.271. The summed E-state index contributed by atoms with van der Waals surface area (Å²) in [6.07, 6.45) is 1.78. The molecular weight excluding hydrogens is 334 g/mol. The summed E-state index contributed by atoms with van der Waals surface area (Å²) in [6, 6.07) is -1.90. The lowest BCUT2D eigenvalue weighted by atomic mass is 10.2. The highest BCUT2D eigenvalue weighted by Gasteiger charge is 2.20. The summed E-state index contributed by atoms with van der Waals surface area (Å²) in [5, 5.41) is 27.2. The molecule has 0 spiro atoms. The van der Waals surface area contributed by atoms with Crippen LogP contribution in [0.1, 0.15) is 12.8 Å². The predicted octanol–water partition coefficient (Wildman–Crippen LogP) is -1.52. The van der Waals surface area contributed by atoms with E-state index in [0.29, 0.717) is 0 Å². The van der Waals surface area contributed by atoms with Gasteiger partial charge in [0.2, 0.25) is 0 Å². The van der Waals surface area contributed by atoms with E-state index in [1.165, 1.54) is 0 Å². The Morgan fingerprint density at radius 2 is 1.45 bits per heavy atom. The van der Waals surface area contributed by atoms with Crippen LogP contribution in [0.15, 0.2) is 0 Å². The van der Waals surface area contributed by atoms with Crippen molar-refractivity contribution in [1.82, 2.24) is 5.32 Å². The number of nitrogens with two attached hydrogens (primary N) is 2. The average Bonchev–Trinajstić information content (AvgIpc) is 3.01. The molecule has 0 aliphatic carbocycles. The largest absolute Gasteiger partial charge is 0.480 e. The molecule has 1 heterocycles. The third-order valence-corrected chi connectivity index (χ3v) is 3.17. The van der Waals surface area contributed by atoms with E-state index in [2.05, 4.69) is 30.6 Å². The fraction of sp³-hybridized carbons (Fsp3) is 0.727. The Balaban J connectivity index is 0. The molecule has 0 amide bonds. The molecule has 3 atom stereocenters. The number of rotatable bonds is 5. The van der Waals surface area contributed by atoms with Crippen LogP contribution in [0.3, 0.4) is 0 Å². The number of carboxylic acid groups (broad SMARTS) is 3. The summed E-state index contributed by atoms with van der Waals surface area (Å²) < 4.78 is 0. The van der Waals surface area contributed by atoms with Crippen LogP contribution in [0, 0.1) is 0 Å². The molecule has 0 radical (unpaired) electrons. The third-order valence-electron chi connectivity index (χ3n) is 2.39. The lowest BCUT2D eigenvalue weighted by Crippen LogP contribution is -2.31. The first-order chi connectivity index (χ1) is 10.2. The van der Waals surface area contributed by atoms with E-state index < -0.39 is 30.0 Å². The summed E-state index contributed by atoms with van der Waals surface area (Å²) in [6.45, 7) is 0.858. The molecule has 8 N–H and O–H groups in total. The van der Waals surface area contributed by atoms with Crippen LogP contribution in [-0.2, 0) is 14.4 Å². The van der Waals surface area contributed by atoms with Crippen molar-refractivity contribution in [2.45, 2.75) is 31.0 Å². The maximum Gasteiger partial charge on any atom is 0.321 e. The zero-order chi connectivity index (χ0) is 17.7. The molecule has 1 aliphatic rings. The second-order valence-electron chi connectivity index (χ2n) is 4.24. The topological polar surface area (TPSA) is 176 Å². The Bertz CT molecular complexity index is 333. The van der Waals surface area contributed by atoms with Gasteiger partial charge in [0.1, 0.15) is 18.1 Å². The maximum atomic E-state index is 10.1. The molecular formula is C11H23N3O6S2. The molecule has 1 fully saturated rings. The standard InChI is InChI=1S/C5H9NO2.2C3H7NO2S/c7-5(8)4-2-1-3-6-4;2*4-2(1-7)3(5)6/h4,6H,1-3H2,(H,7,8);2*2,7H,1,4H2,(H,5,6)/t4-;2*2-/m000/s1. The van der Waals surface area contributed by atoms with E-state index in [0.717, 1.165) is 19.4 Å². The van der Waals surface area contributed by atoms with Gasteiger partial charge in [-0.15, -0.1) is 0 Å². The van der Waals surface area contributed by atoms with Crippen LogP contribution in [0.5, 0.6) is 0 Å². The molecule has 0 unspecified atom stereocenters. The zero-order valence-corrected chi connectivity index (χ0v) is 13.7. The zero-order valence-electron chi connectivity index (χ0n) is 11.9. The molecule has 0 bridgehead atoms. The maximum absolute atomic E-state index is 10.1. The Kier molecular flexibility index (Phi) is 14.4. The van der Waals surface area contributed by atoms with E-state index in [1.54, 1.807) is 0 Å². The average molecular weight is 357 g/mol. The minimum absolute atomic E-state index is 0.190. The molecule has 22 heavy (non-hydrogen) atoms. The van der Waals surface area contributed by atoms with Crippen LogP contribution in [0.2, 0.25) is 0 Å². The van der Waals surface area contributed by atoms with Crippen molar-refractivity contribution < 1.29 is 29.7 Å². The second kappa shape index (κ2) is 13.6. The van der Waals surface area contributed by atoms with Crippen molar-refractivity contribution in [3.8, 4) is 0 Å². The molecule has 1 saturated heterocycles. The third kappa shape index (κ3) is 12.7. The van der Waals surface area contributed by atoms with Crippen molar-refractivity contribution in [3.63, 3.8) is 0 Å². The fourth-order valence-corrected chi connectivity index (χ4v) is 1.36. The predicted molar refractivity (Wildman–Crippen MR) is 87.6 cm³/mol. The van der Waals surface area contributed by atoms with Crippen molar-refractivity contribution in [1.29, 1.82) is 0 Å². The Morgan fingerprint density at radius 1 is 1.05 bits per heavy atom. The van der Waals surface area contributed by atoms with Gasteiger partial charge in [-0.3, -0.25) is 14.4 Å². The van der Waals surface area contributed by atoms with Gasteiger partial charge in [-0.2, -0.15) is 25.3 Å². The fourth-order valence-electron chi connectivity index (χ4n) is 1.05. The summed E-state index contributed by atoms with van der Waals surface area (Å²) >= 11 is 7.30. The first kappa shape index (κ1) is 23.3. The van der Waals surface area contributed by atoms with Crippen LogP contribution < -0.4 is 16.8 Å². The molecule has 0 aromatic heterocycles. The minimum Gasteiger partial charge on any atom is -0.480 e. The summed E-state index contributed by atoms with van der Waals surface area (Å²) in [5.74, 6) is -2.35. The van der Waals surface area contributed by atoms with E-state index >= 15 is 0 Å². The van der Waals surface area contributed by atoms with Gasteiger partial charge in [-0.05, 0) is 19.4 Å². The van der Waals surface area contributed by atoms with Gasteiger partial charge in [0.05, 0.1) is 0 Å². The number of nitrogens with one attached hydrogen (secondary N) is 1. The SMILES string of the molecule is N[C@@H](CS)C(=O)O.N[C@@H](CS)C(=O)O.O=C(O)[C@@H]1CCCN1. The van der Waals surface area contributed by atoms with Crippen molar-refractivity contribution >= 4 is 43.2 Å². The summed E-state index contributed by atoms with van der Waals surface area (Å²) in [4.78, 5) is 29.7. The van der Waals surface area contributed by atoms with Crippen molar-refractivity contribution in [2.75, 3.05) is 18.1 Å². The number of carboxylic acids is 3. The monoisotopic (exact) mass is 357 g/mol. The second-order valence-corrected chi connectivity index (χ2v) is 4.97. The lowest BCUT2D eigenvalue weighted by Gasteiger charge is -1.99. The smallest absolute Gasteiger partial charge is 0.321 e. The van der Waals surface area contributed by atoms with Crippen LogP contribution in [0.25, 0.3) is 0 Å². The minimum atomic E-state index is -1.00. The molecule has 0 aromatic carbocycles. The van der Waals surface area contributed by atoms with Gasteiger partial charge in [0.25, 0.3) is 0 Å². The molecule has 9 nitrogen and oxygen atoms in total. The van der Waals surface area contributed by atoms with Crippen LogP contribution in [-0.4, -0.2) is 69.4 Å². The van der Waals surface area contributed by atoms with Gasteiger partial charge in [-0.25, -0.2) is 0 Å². The number of carbonyl (C=O) groups is 3. The van der Waals surface area contributed by atoms with Gasteiger partial charge in [-0.1, -0.05) is 0 Å². The van der Waals surface area contributed by atoms with Gasteiger partial charge < -0.3 is 32.1 Å². The molecule has 11 heteroatoms. The number of hydrogen-bond acceptors (Lipinski definition) is 8. The first-order valence-corrected chi connectivity index (χ1v) is 7.58. The molecule has 0 aromatic rings. The Labute approximate surface area is 139 Å². The van der Waals surface area contributed by atoms with E-state index in [-0.39, 0.29) is 17.5 Å².